The van der Waals surface area contributed by atoms with E-state index in [0.29, 0.717) is 60.2 Å². The number of benzene rings is 1. The quantitative estimate of drug-likeness (QED) is 0.512. The molecule has 1 N–H and O–H groups in total. The molecule has 7 rings (SSSR count). The number of hydrogen-bond acceptors (Lipinski definition) is 6. The van der Waals surface area contributed by atoms with Gasteiger partial charge in [-0.15, -0.1) is 0 Å². The van der Waals surface area contributed by atoms with Crippen molar-refractivity contribution < 1.29 is 19.0 Å². The second-order valence-electron chi connectivity index (χ2n) is 14.1. The summed E-state index contributed by atoms with van der Waals surface area (Å²) in [5, 5.41) is 21.2. The number of likely N-dealkylation sites (tertiary alicyclic amines) is 1. The number of rotatable bonds is 3. The summed E-state index contributed by atoms with van der Waals surface area (Å²) in [6.45, 7) is 14.4. The molecule has 212 valence electrons. The molecule has 0 radical (unpaired) electrons. The number of aliphatic hydroxyl groups is 1. The zero-order valence-corrected chi connectivity index (χ0v) is 24.3. The van der Waals surface area contributed by atoms with Crippen molar-refractivity contribution in [1.29, 1.82) is 5.26 Å². The molecule has 40 heavy (non-hydrogen) atoms. The van der Waals surface area contributed by atoms with E-state index < -0.39 is 17.5 Å². The fourth-order valence-electron chi connectivity index (χ4n) is 7.55. The molecule has 7 nitrogen and oxygen atoms in total. The summed E-state index contributed by atoms with van der Waals surface area (Å²) in [5.41, 5.74) is 3.20. The minimum absolute atomic E-state index is 0.0784. The zero-order valence-electron chi connectivity index (χ0n) is 24.3. The number of nitrogens with zero attached hydrogens (tertiary/aromatic N) is 4. The van der Waals surface area contributed by atoms with Crippen LogP contribution in [0.15, 0.2) is 18.2 Å². The smallest absolute Gasteiger partial charge is 0.410 e. The Morgan fingerprint density at radius 2 is 1.98 bits per heavy atom. The molecule has 0 unspecified atom stereocenters. The van der Waals surface area contributed by atoms with Gasteiger partial charge in [0, 0.05) is 48.6 Å². The number of aromatic nitrogens is 1. The van der Waals surface area contributed by atoms with Crippen LogP contribution in [0.3, 0.4) is 0 Å². The molecule has 1 spiro atoms. The number of ether oxygens (including phenoxy) is 1. The number of aliphatic hydroxyl groups excluding tert-OH is 1. The third-order valence-corrected chi connectivity index (χ3v) is 9.86. The maximum Gasteiger partial charge on any atom is 0.410 e. The molecule has 3 fully saturated rings. The molecule has 1 amide bonds. The number of halogens is 1. The number of carbonyl (C=O) groups excluding carboxylic acids is 1. The highest BCUT2D eigenvalue weighted by Crippen LogP contribution is 2.63. The van der Waals surface area contributed by atoms with Crippen LogP contribution in [0.5, 0.6) is 0 Å². The normalized spacial score (nSPS) is 24.6. The van der Waals surface area contributed by atoms with Crippen LogP contribution in [-0.4, -0.2) is 52.9 Å². The predicted octanol–water partition coefficient (Wildman–Crippen LogP) is 5.95. The highest BCUT2D eigenvalue weighted by atomic mass is 19.1. The van der Waals surface area contributed by atoms with Gasteiger partial charge in [-0.05, 0) is 75.5 Å². The Hall–Kier alpha value is -3.18. The molecule has 5 aliphatic rings. The van der Waals surface area contributed by atoms with Gasteiger partial charge in [-0.1, -0.05) is 26.0 Å². The zero-order chi connectivity index (χ0) is 28.8. The van der Waals surface area contributed by atoms with E-state index in [1.807, 2.05) is 20.8 Å². The van der Waals surface area contributed by atoms with E-state index in [1.165, 1.54) is 6.07 Å². The average molecular weight is 547 g/mol. The second-order valence-corrected chi connectivity index (χ2v) is 14.1. The molecule has 1 aromatic carbocycles. The maximum atomic E-state index is 15.7. The van der Waals surface area contributed by atoms with Crippen LogP contribution in [-0.2, 0) is 11.2 Å². The van der Waals surface area contributed by atoms with E-state index in [9.17, 15) is 15.2 Å². The first kappa shape index (κ1) is 27.0. The van der Waals surface area contributed by atoms with Crippen molar-refractivity contribution in [2.24, 2.45) is 16.7 Å². The molecule has 2 aromatic rings. The molecule has 3 aliphatic carbocycles. The van der Waals surface area contributed by atoms with Gasteiger partial charge in [0.05, 0.1) is 11.8 Å². The highest BCUT2D eigenvalue weighted by molar-refractivity contribution is 5.83. The molecule has 3 heterocycles. The molecule has 1 aromatic heterocycles. The standard InChI is InChI=1S/C32H39FN4O3/c1-18(38)20-8-7-9-24(33)26(20)25-21-12-19-13-23(31(19,5)6)27(21)35-28(22(25)14-34)36-11-10-32(15-36)16-37(17-32)29(39)40-30(2,3)4/h7-9,18-19,23,38H,10-13,15-17H2,1-6H3/t18-,19+,23+/m1/s1. The minimum Gasteiger partial charge on any atom is -0.444 e. The van der Waals surface area contributed by atoms with E-state index in [0.717, 1.165) is 30.5 Å². The van der Waals surface area contributed by atoms with Gasteiger partial charge in [0.1, 0.15) is 28.9 Å². The molecule has 2 aliphatic heterocycles. The van der Waals surface area contributed by atoms with Crippen LogP contribution in [0.25, 0.3) is 11.1 Å². The van der Waals surface area contributed by atoms with Gasteiger partial charge in [-0.2, -0.15) is 5.26 Å². The lowest BCUT2D eigenvalue weighted by Crippen LogP contribution is -2.60. The van der Waals surface area contributed by atoms with Gasteiger partial charge < -0.3 is 19.6 Å². The van der Waals surface area contributed by atoms with Gasteiger partial charge in [0.2, 0.25) is 0 Å². The first-order chi connectivity index (χ1) is 18.7. The Labute approximate surface area is 235 Å². The first-order valence-corrected chi connectivity index (χ1v) is 14.4. The van der Waals surface area contributed by atoms with Crippen LogP contribution in [0.4, 0.5) is 15.0 Å². The first-order valence-electron chi connectivity index (χ1n) is 14.4. The van der Waals surface area contributed by atoms with Gasteiger partial charge >= 0.3 is 6.09 Å². The highest BCUT2D eigenvalue weighted by Gasteiger charge is 2.55. The number of pyridine rings is 1. The number of carbonyl (C=O) groups is 1. The SMILES string of the molecule is C[C@@H](O)c1cccc(F)c1-c1c(C#N)c(N2CCC3(CN(C(=O)OC(C)(C)C)C3)C2)nc2c1C[C@H]1C[C@@H]2C1(C)C. The number of amides is 1. The largest absolute Gasteiger partial charge is 0.444 e. The predicted molar refractivity (Wildman–Crippen MR) is 150 cm³/mol. The average Bonchev–Trinajstić information content (AvgIpc) is 3.31. The van der Waals surface area contributed by atoms with Crippen LogP contribution in [0, 0.1) is 33.9 Å². The number of hydrogen-bond donors (Lipinski definition) is 1. The Bertz CT molecular complexity index is 1430. The van der Waals surface area contributed by atoms with E-state index in [2.05, 4.69) is 24.8 Å². The summed E-state index contributed by atoms with van der Waals surface area (Å²) >= 11 is 0. The second kappa shape index (κ2) is 8.91. The topological polar surface area (TPSA) is 89.7 Å². The third kappa shape index (κ3) is 4.08. The summed E-state index contributed by atoms with van der Waals surface area (Å²) in [6, 6.07) is 7.18. The van der Waals surface area contributed by atoms with Gasteiger partial charge in [-0.3, -0.25) is 0 Å². The lowest BCUT2D eigenvalue weighted by atomic mass is 9.48. The summed E-state index contributed by atoms with van der Waals surface area (Å²) in [5.74, 6) is 0.868. The van der Waals surface area contributed by atoms with Gasteiger partial charge in [0.15, 0.2) is 0 Å². The molecular weight excluding hydrogens is 507 g/mol. The lowest BCUT2D eigenvalue weighted by molar-refractivity contribution is -0.0266. The fourth-order valence-corrected chi connectivity index (χ4v) is 7.55. The third-order valence-electron chi connectivity index (χ3n) is 9.86. The van der Waals surface area contributed by atoms with Crippen molar-refractivity contribution in [2.75, 3.05) is 31.1 Å². The van der Waals surface area contributed by atoms with Crippen LogP contribution < -0.4 is 4.90 Å². The van der Waals surface area contributed by atoms with Crippen LogP contribution in [0.2, 0.25) is 0 Å². The van der Waals surface area contributed by atoms with Crippen molar-refractivity contribution in [3.8, 4) is 17.2 Å². The van der Waals surface area contributed by atoms with E-state index in [4.69, 9.17) is 9.72 Å². The molecule has 2 bridgehead atoms. The minimum atomic E-state index is -0.886. The van der Waals surface area contributed by atoms with E-state index >= 15 is 4.39 Å². The van der Waals surface area contributed by atoms with Gasteiger partial charge in [-0.25, -0.2) is 14.2 Å². The maximum absolute atomic E-state index is 15.7. The lowest BCUT2D eigenvalue weighted by Gasteiger charge is -2.57. The molecule has 1 saturated carbocycles. The van der Waals surface area contributed by atoms with Crippen LogP contribution in [0.1, 0.15) is 88.8 Å². The molecule has 8 heteroatoms. The summed E-state index contributed by atoms with van der Waals surface area (Å²) in [7, 11) is 0. The van der Waals surface area contributed by atoms with E-state index in [-0.39, 0.29) is 22.8 Å². The van der Waals surface area contributed by atoms with Crippen molar-refractivity contribution in [3.05, 3.63) is 46.4 Å². The summed E-state index contributed by atoms with van der Waals surface area (Å²) in [4.78, 5) is 21.7. The van der Waals surface area contributed by atoms with Gasteiger partial charge in [0.25, 0.3) is 0 Å². The van der Waals surface area contributed by atoms with Crippen molar-refractivity contribution >= 4 is 11.9 Å². The number of anilines is 1. The fraction of sp³-hybridized carbons (Fsp3) is 0.594. The Morgan fingerprint density at radius 1 is 1.25 bits per heavy atom. The van der Waals surface area contributed by atoms with E-state index in [1.54, 1.807) is 24.0 Å². The monoisotopic (exact) mass is 546 g/mol. The Morgan fingerprint density at radius 3 is 2.60 bits per heavy atom. The number of nitriles is 1. The molecule has 3 atom stereocenters. The van der Waals surface area contributed by atoms with Crippen molar-refractivity contribution in [2.45, 2.75) is 78.4 Å². The summed E-state index contributed by atoms with van der Waals surface area (Å²) in [6.07, 6.45) is 1.49. The Balaban J connectivity index is 1.42. The molecule has 2 saturated heterocycles. The van der Waals surface area contributed by atoms with Crippen molar-refractivity contribution in [1.82, 2.24) is 9.88 Å². The van der Waals surface area contributed by atoms with Crippen LogP contribution >= 0.6 is 0 Å². The van der Waals surface area contributed by atoms with Crippen molar-refractivity contribution in [3.63, 3.8) is 0 Å². The molecular formula is C32H39FN4O3. The summed E-state index contributed by atoms with van der Waals surface area (Å²) < 4.78 is 21.2. The Kier molecular flexibility index (Phi) is 6.02.